The summed E-state index contributed by atoms with van der Waals surface area (Å²) in [5.74, 6) is -0.439. The molecule has 26 heavy (non-hydrogen) atoms. The smallest absolute Gasteiger partial charge is 0.405 e. The minimum Gasteiger partial charge on any atom is -0.405 e. The third-order valence-corrected chi connectivity index (χ3v) is 5.10. The fourth-order valence-electron chi connectivity index (χ4n) is 2.26. The molecule has 0 bridgehead atoms. The molecule has 0 atom stereocenters. The maximum absolute atomic E-state index is 12.4. The molecule has 0 heterocycles. The van der Waals surface area contributed by atoms with Crippen molar-refractivity contribution in [2.24, 2.45) is 0 Å². The van der Waals surface area contributed by atoms with E-state index in [2.05, 4.69) is 9.46 Å². The van der Waals surface area contributed by atoms with Crippen LogP contribution >= 0.6 is 0 Å². The zero-order chi connectivity index (χ0) is 19.6. The average molecular weight is 387 g/mol. The highest BCUT2D eigenvalue weighted by atomic mass is 32.2. The molecule has 4 nitrogen and oxygen atoms in total. The number of benzene rings is 2. The SMILES string of the molecule is CC(C)(C)c1ccc(S(=O)(=O)NCc2ccccc2OC(F)(F)F)cc1. The second-order valence-electron chi connectivity index (χ2n) is 6.75. The summed E-state index contributed by atoms with van der Waals surface area (Å²) in [7, 11) is -3.87. The van der Waals surface area contributed by atoms with Gasteiger partial charge in [-0.3, -0.25) is 0 Å². The number of hydrogen-bond acceptors (Lipinski definition) is 3. The van der Waals surface area contributed by atoms with E-state index in [-0.39, 0.29) is 22.4 Å². The molecule has 1 N–H and O–H groups in total. The Morgan fingerprint density at radius 1 is 0.962 bits per heavy atom. The first-order valence-corrected chi connectivity index (χ1v) is 9.31. The van der Waals surface area contributed by atoms with Crippen LogP contribution in [-0.2, 0) is 22.0 Å². The van der Waals surface area contributed by atoms with E-state index >= 15 is 0 Å². The van der Waals surface area contributed by atoms with Gasteiger partial charge in [0.2, 0.25) is 10.0 Å². The van der Waals surface area contributed by atoms with Gasteiger partial charge in [-0.05, 0) is 29.2 Å². The molecule has 2 aromatic rings. The topological polar surface area (TPSA) is 55.4 Å². The summed E-state index contributed by atoms with van der Waals surface area (Å²) in [5.41, 5.74) is 0.934. The number of halogens is 3. The number of hydrogen-bond donors (Lipinski definition) is 1. The van der Waals surface area contributed by atoms with Crippen LogP contribution in [0.15, 0.2) is 53.4 Å². The molecule has 0 amide bonds. The maximum atomic E-state index is 12.4. The maximum Gasteiger partial charge on any atom is 0.573 e. The molecule has 0 saturated carbocycles. The summed E-state index contributed by atoms with van der Waals surface area (Å²) in [4.78, 5) is 0.0414. The van der Waals surface area contributed by atoms with Gasteiger partial charge in [0, 0.05) is 12.1 Å². The lowest BCUT2D eigenvalue weighted by Gasteiger charge is -2.19. The Balaban J connectivity index is 2.16. The molecule has 0 aliphatic carbocycles. The molecule has 2 aromatic carbocycles. The molecule has 0 aromatic heterocycles. The Morgan fingerprint density at radius 3 is 2.08 bits per heavy atom. The highest BCUT2D eigenvalue weighted by Crippen LogP contribution is 2.27. The van der Waals surface area contributed by atoms with Gasteiger partial charge in [-0.1, -0.05) is 51.1 Å². The van der Waals surface area contributed by atoms with Gasteiger partial charge in [-0.2, -0.15) is 0 Å². The molecule has 8 heteroatoms. The van der Waals surface area contributed by atoms with Gasteiger partial charge in [0.25, 0.3) is 0 Å². The van der Waals surface area contributed by atoms with E-state index in [0.29, 0.717) is 0 Å². The molecular weight excluding hydrogens is 367 g/mol. The monoisotopic (exact) mass is 387 g/mol. The van der Waals surface area contributed by atoms with E-state index in [1.54, 1.807) is 12.1 Å². The molecule has 0 fully saturated rings. The number of alkyl halides is 3. The van der Waals surface area contributed by atoms with Crippen LogP contribution in [0.5, 0.6) is 5.75 Å². The fraction of sp³-hybridized carbons (Fsp3) is 0.333. The van der Waals surface area contributed by atoms with E-state index in [1.165, 1.54) is 30.3 Å². The van der Waals surface area contributed by atoms with Gasteiger partial charge in [0.15, 0.2) is 0 Å². The largest absolute Gasteiger partial charge is 0.573 e. The molecule has 0 saturated heterocycles. The summed E-state index contributed by atoms with van der Waals surface area (Å²) in [6.07, 6.45) is -4.85. The van der Waals surface area contributed by atoms with Crippen LogP contribution in [0.4, 0.5) is 13.2 Å². The standard InChI is InChI=1S/C18H20F3NO3S/c1-17(2,3)14-8-10-15(11-9-14)26(23,24)22-12-13-6-4-5-7-16(13)25-18(19,20)21/h4-11,22H,12H2,1-3H3. The minimum absolute atomic E-state index is 0.0414. The van der Waals surface area contributed by atoms with E-state index in [4.69, 9.17) is 0 Å². The average Bonchev–Trinajstić information content (AvgIpc) is 2.52. The van der Waals surface area contributed by atoms with Crippen molar-refractivity contribution in [1.82, 2.24) is 4.72 Å². The molecule has 0 spiro atoms. The van der Waals surface area contributed by atoms with Crippen molar-refractivity contribution >= 4 is 10.0 Å². The zero-order valence-electron chi connectivity index (χ0n) is 14.6. The summed E-state index contributed by atoms with van der Waals surface area (Å²) >= 11 is 0. The number of ether oxygens (including phenoxy) is 1. The van der Waals surface area contributed by atoms with Crippen molar-refractivity contribution in [2.45, 2.75) is 44.0 Å². The first-order valence-electron chi connectivity index (χ1n) is 7.82. The van der Waals surface area contributed by atoms with Crippen LogP contribution in [0.25, 0.3) is 0 Å². The Kier molecular flexibility index (Phi) is 5.67. The van der Waals surface area contributed by atoms with Gasteiger partial charge >= 0.3 is 6.36 Å². The predicted molar refractivity (Wildman–Crippen MR) is 92.3 cm³/mol. The van der Waals surface area contributed by atoms with Crippen molar-refractivity contribution in [2.75, 3.05) is 0 Å². The molecule has 0 aliphatic heterocycles. The first-order chi connectivity index (χ1) is 11.9. The summed E-state index contributed by atoms with van der Waals surface area (Å²) in [6.45, 7) is 5.70. The third kappa shape index (κ3) is 5.47. The van der Waals surface area contributed by atoms with Gasteiger partial charge < -0.3 is 4.74 Å². The van der Waals surface area contributed by atoms with Crippen LogP contribution in [0.1, 0.15) is 31.9 Å². The highest BCUT2D eigenvalue weighted by Gasteiger charge is 2.32. The number of rotatable bonds is 5. The van der Waals surface area contributed by atoms with Crippen molar-refractivity contribution < 1.29 is 26.3 Å². The molecule has 142 valence electrons. The van der Waals surface area contributed by atoms with Crippen molar-refractivity contribution in [1.29, 1.82) is 0 Å². The Bertz CT molecular complexity index is 854. The summed E-state index contributed by atoms with van der Waals surface area (Å²) < 4.78 is 68.3. The second-order valence-corrected chi connectivity index (χ2v) is 8.52. The van der Waals surface area contributed by atoms with Crippen LogP contribution in [-0.4, -0.2) is 14.8 Å². The number of sulfonamides is 1. The van der Waals surface area contributed by atoms with E-state index in [1.807, 2.05) is 20.8 Å². The Hall–Kier alpha value is -2.06. The quantitative estimate of drug-likeness (QED) is 0.829. The van der Waals surface area contributed by atoms with Crippen LogP contribution < -0.4 is 9.46 Å². The highest BCUT2D eigenvalue weighted by molar-refractivity contribution is 7.89. The van der Waals surface area contributed by atoms with Gasteiger partial charge in [-0.15, -0.1) is 13.2 Å². The fourth-order valence-corrected chi connectivity index (χ4v) is 3.27. The lowest BCUT2D eigenvalue weighted by atomic mass is 9.87. The van der Waals surface area contributed by atoms with Crippen LogP contribution in [0, 0.1) is 0 Å². The third-order valence-electron chi connectivity index (χ3n) is 3.68. The van der Waals surface area contributed by atoms with Gasteiger partial charge in [0.05, 0.1) is 4.90 Å². The first kappa shape index (κ1) is 20.3. The molecule has 2 rings (SSSR count). The van der Waals surface area contributed by atoms with Crippen LogP contribution in [0.3, 0.4) is 0 Å². The van der Waals surface area contributed by atoms with Crippen LogP contribution in [0.2, 0.25) is 0 Å². The summed E-state index contributed by atoms with van der Waals surface area (Å²) in [6, 6.07) is 11.8. The normalized spacial score (nSPS) is 12.8. The van der Waals surface area contributed by atoms with Crippen molar-refractivity contribution in [3.8, 4) is 5.75 Å². The van der Waals surface area contributed by atoms with Gasteiger partial charge in [0.1, 0.15) is 5.75 Å². The number of nitrogens with one attached hydrogen (secondary N) is 1. The predicted octanol–water partition coefficient (Wildman–Crippen LogP) is 4.36. The number of para-hydroxylation sites is 1. The van der Waals surface area contributed by atoms with E-state index in [9.17, 15) is 21.6 Å². The molecule has 0 aliphatic rings. The Morgan fingerprint density at radius 2 is 1.54 bits per heavy atom. The second kappa shape index (κ2) is 7.28. The van der Waals surface area contributed by atoms with Crippen molar-refractivity contribution in [3.05, 3.63) is 59.7 Å². The molecular formula is C18H20F3NO3S. The lowest BCUT2D eigenvalue weighted by Crippen LogP contribution is -2.25. The van der Waals surface area contributed by atoms with Gasteiger partial charge in [-0.25, -0.2) is 13.1 Å². The molecule has 0 unspecified atom stereocenters. The van der Waals surface area contributed by atoms with E-state index in [0.717, 1.165) is 11.6 Å². The lowest BCUT2D eigenvalue weighted by molar-refractivity contribution is -0.274. The van der Waals surface area contributed by atoms with E-state index < -0.39 is 22.1 Å². The minimum atomic E-state index is -4.85. The Labute approximate surface area is 151 Å². The molecule has 0 radical (unpaired) electrons. The van der Waals surface area contributed by atoms with Crippen molar-refractivity contribution in [3.63, 3.8) is 0 Å². The zero-order valence-corrected chi connectivity index (χ0v) is 15.4. The summed E-state index contributed by atoms with van der Waals surface area (Å²) in [5, 5.41) is 0.